The number of rotatable bonds is 5. The van der Waals surface area contributed by atoms with Crippen LogP contribution in [0.4, 0.5) is 0 Å². The Kier molecular flexibility index (Phi) is 7.19. The van der Waals surface area contributed by atoms with Gasteiger partial charge in [0.2, 0.25) is 0 Å². The zero-order chi connectivity index (χ0) is 35.5. The van der Waals surface area contributed by atoms with Crippen LogP contribution in [-0.2, 0) is 5.41 Å². The maximum Gasteiger partial charge on any atom is 0.161 e. The van der Waals surface area contributed by atoms with Gasteiger partial charge in [-0.1, -0.05) is 184 Å². The van der Waals surface area contributed by atoms with Crippen LogP contribution in [0.1, 0.15) is 25.0 Å². The summed E-state index contributed by atoms with van der Waals surface area (Å²) in [5, 5.41) is 4.92. The van der Waals surface area contributed by atoms with E-state index in [1.807, 2.05) is 12.1 Å². The second kappa shape index (κ2) is 12.3. The molecule has 0 radical (unpaired) electrons. The first-order valence-corrected chi connectivity index (χ1v) is 18.3. The summed E-state index contributed by atoms with van der Waals surface area (Å²) < 4.78 is 0. The Balaban J connectivity index is 1.07. The molecule has 0 saturated carbocycles. The molecule has 1 aliphatic rings. The summed E-state index contributed by atoms with van der Waals surface area (Å²) in [7, 11) is 0. The monoisotopic (exact) mass is 676 g/mol. The van der Waals surface area contributed by atoms with Crippen LogP contribution in [0.5, 0.6) is 0 Å². The van der Waals surface area contributed by atoms with Gasteiger partial charge in [0.15, 0.2) is 5.82 Å². The molecule has 0 amide bonds. The molecule has 9 aromatic rings. The first-order valence-electron chi connectivity index (χ1n) is 18.3. The summed E-state index contributed by atoms with van der Waals surface area (Å²) in [6.45, 7) is 4.75. The Hall–Kier alpha value is -6.64. The van der Waals surface area contributed by atoms with Crippen LogP contribution in [0, 0.1) is 0 Å². The van der Waals surface area contributed by atoms with E-state index >= 15 is 0 Å². The van der Waals surface area contributed by atoms with Crippen molar-refractivity contribution in [2.75, 3.05) is 0 Å². The Morgan fingerprint density at radius 2 is 0.906 bits per heavy atom. The first kappa shape index (κ1) is 31.1. The van der Waals surface area contributed by atoms with Crippen LogP contribution in [-0.4, -0.2) is 9.97 Å². The van der Waals surface area contributed by atoms with E-state index in [0.29, 0.717) is 0 Å². The number of fused-ring (bicyclic) bond motifs is 6. The minimum Gasteiger partial charge on any atom is -0.228 e. The number of hydrogen-bond acceptors (Lipinski definition) is 2. The van der Waals surface area contributed by atoms with Gasteiger partial charge in [0.25, 0.3) is 0 Å². The molecule has 0 N–H and O–H groups in total. The van der Waals surface area contributed by atoms with Gasteiger partial charge in [-0.05, 0) is 78.2 Å². The number of hydrogen-bond donors (Lipinski definition) is 0. The molecule has 1 aliphatic carbocycles. The smallest absolute Gasteiger partial charge is 0.161 e. The van der Waals surface area contributed by atoms with Gasteiger partial charge in [0.05, 0.1) is 11.4 Å². The van der Waals surface area contributed by atoms with Crippen LogP contribution in [0.3, 0.4) is 0 Å². The molecule has 0 atom stereocenters. The van der Waals surface area contributed by atoms with Crippen molar-refractivity contribution in [3.63, 3.8) is 0 Å². The lowest BCUT2D eigenvalue weighted by atomic mass is 9.78. The van der Waals surface area contributed by atoms with Gasteiger partial charge in [-0.25, -0.2) is 9.97 Å². The minimum absolute atomic E-state index is 0.115. The quantitative estimate of drug-likeness (QED) is 0.181. The highest BCUT2D eigenvalue weighted by Crippen LogP contribution is 2.54. The predicted molar refractivity (Wildman–Crippen MR) is 222 cm³/mol. The molecule has 2 heteroatoms. The maximum atomic E-state index is 5.16. The lowest BCUT2D eigenvalue weighted by Crippen LogP contribution is -2.16. The molecule has 0 fully saturated rings. The largest absolute Gasteiger partial charge is 0.228 e. The topological polar surface area (TPSA) is 25.8 Å². The minimum atomic E-state index is -0.115. The fourth-order valence-corrected chi connectivity index (χ4v) is 8.55. The van der Waals surface area contributed by atoms with Crippen molar-refractivity contribution in [1.82, 2.24) is 9.97 Å². The molecule has 0 unspecified atom stereocenters. The van der Waals surface area contributed by atoms with E-state index < -0.39 is 0 Å². The average Bonchev–Trinajstić information content (AvgIpc) is 3.47. The van der Waals surface area contributed by atoms with E-state index in [1.165, 1.54) is 60.7 Å². The molecule has 0 spiro atoms. The van der Waals surface area contributed by atoms with E-state index in [0.717, 1.165) is 39.3 Å². The fraction of sp³-hybridized carbons (Fsp3) is 0.0588. The van der Waals surface area contributed by atoms with Gasteiger partial charge in [0, 0.05) is 22.1 Å². The lowest BCUT2D eigenvalue weighted by Gasteiger charge is -2.24. The summed E-state index contributed by atoms with van der Waals surface area (Å²) >= 11 is 0. The van der Waals surface area contributed by atoms with Crippen LogP contribution in [0.2, 0.25) is 0 Å². The number of aromatic nitrogens is 2. The van der Waals surface area contributed by atoms with Gasteiger partial charge < -0.3 is 0 Å². The Morgan fingerprint density at radius 1 is 0.377 bits per heavy atom. The van der Waals surface area contributed by atoms with E-state index in [-0.39, 0.29) is 5.41 Å². The van der Waals surface area contributed by atoms with Gasteiger partial charge in [0.1, 0.15) is 0 Å². The number of benzene rings is 8. The van der Waals surface area contributed by atoms with Crippen LogP contribution < -0.4 is 0 Å². The summed E-state index contributed by atoms with van der Waals surface area (Å²) in [5.41, 5.74) is 15.3. The molecule has 0 saturated heterocycles. The van der Waals surface area contributed by atoms with E-state index in [9.17, 15) is 0 Å². The standard InChI is InChI=1S/C51H36N2/c1-51(2)45-31-28-33-14-9-10-19-39(33)48(45)44-23-13-22-40(49(44)51)35-26-24-34(25-27-35)38-29-30-43(42-21-12-11-20-41(38)42)50-52-46(36-15-5-3-6-16-36)32-47(53-50)37-17-7-4-8-18-37/h3-32H,1-2H3. The van der Waals surface area contributed by atoms with E-state index in [1.54, 1.807) is 0 Å². The van der Waals surface area contributed by atoms with Gasteiger partial charge in [-0.15, -0.1) is 0 Å². The zero-order valence-electron chi connectivity index (χ0n) is 29.7. The molecule has 1 aromatic heterocycles. The molecule has 2 nitrogen and oxygen atoms in total. The maximum absolute atomic E-state index is 5.16. The molecular weight excluding hydrogens is 641 g/mol. The van der Waals surface area contributed by atoms with Gasteiger partial charge >= 0.3 is 0 Å². The summed E-state index contributed by atoms with van der Waals surface area (Å²) in [6, 6.07) is 65.3. The molecule has 1 heterocycles. The highest BCUT2D eigenvalue weighted by Gasteiger charge is 2.38. The average molecular weight is 677 g/mol. The Morgan fingerprint density at radius 3 is 1.57 bits per heavy atom. The Bertz CT molecular complexity index is 2780. The molecule has 0 aliphatic heterocycles. The predicted octanol–water partition coefficient (Wildman–Crippen LogP) is 13.4. The van der Waals surface area contributed by atoms with Crippen LogP contribution >= 0.6 is 0 Å². The van der Waals surface area contributed by atoms with Crippen molar-refractivity contribution < 1.29 is 0 Å². The SMILES string of the molecule is CC1(C)c2ccc3ccccc3c2-c2cccc(-c3ccc(-c4ccc(-c5nc(-c6ccccc6)cc(-c6ccccc6)n5)c5ccccc45)cc3)c21. The van der Waals surface area contributed by atoms with Crippen molar-refractivity contribution in [3.8, 4) is 67.3 Å². The Labute approximate surface area is 310 Å². The first-order chi connectivity index (χ1) is 26.0. The van der Waals surface area contributed by atoms with Crippen molar-refractivity contribution in [3.05, 3.63) is 193 Å². The molecule has 53 heavy (non-hydrogen) atoms. The molecule has 8 aromatic carbocycles. The second-order valence-electron chi connectivity index (χ2n) is 14.5. The van der Waals surface area contributed by atoms with Crippen LogP contribution in [0.15, 0.2) is 182 Å². The summed E-state index contributed by atoms with van der Waals surface area (Å²) in [5.74, 6) is 0.720. The highest BCUT2D eigenvalue weighted by molar-refractivity contribution is 6.06. The number of nitrogens with zero attached hydrogens (tertiary/aromatic N) is 2. The third kappa shape index (κ3) is 5.10. The lowest BCUT2D eigenvalue weighted by molar-refractivity contribution is 0.662. The molecule has 10 rings (SSSR count). The third-order valence-electron chi connectivity index (χ3n) is 11.1. The van der Waals surface area contributed by atoms with Gasteiger partial charge in [-0.2, -0.15) is 0 Å². The molecule has 250 valence electrons. The second-order valence-corrected chi connectivity index (χ2v) is 14.5. The van der Waals surface area contributed by atoms with Crippen LogP contribution in [0.25, 0.3) is 88.8 Å². The third-order valence-corrected chi connectivity index (χ3v) is 11.1. The van der Waals surface area contributed by atoms with Crippen molar-refractivity contribution in [2.45, 2.75) is 19.3 Å². The van der Waals surface area contributed by atoms with E-state index in [2.05, 4.69) is 184 Å². The summed E-state index contributed by atoms with van der Waals surface area (Å²) in [4.78, 5) is 10.3. The van der Waals surface area contributed by atoms with Gasteiger partial charge in [-0.3, -0.25) is 0 Å². The zero-order valence-corrected chi connectivity index (χ0v) is 29.7. The molecular formula is C51H36N2. The van der Waals surface area contributed by atoms with Crippen molar-refractivity contribution >= 4 is 21.5 Å². The van der Waals surface area contributed by atoms with E-state index in [4.69, 9.17) is 9.97 Å². The normalized spacial score (nSPS) is 12.9. The highest BCUT2D eigenvalue weighted by atomic mass is 14.9. The van der Waals surface area contributed by atoms with Crippen molar-refractivity contribution in [2.24, 2.45) is 0 Å². The summed E-state index contributed by atoms with van der Waals surface area (Å²) in [6.07, 6.45) is 0. The molecule has 0 bridgehead atoms. The fourth-order valence-electron chi connectivity index (χ4n) is 8.55. The van der Waals surface area contributed by atoms with Crippen molar-refractivity contribution in [1.29, 1.82) is 0 Å².